The van der Waals surface area contributed by atoms with Gasteiger partial charge in [0.15, 0.2) is 0 Å². The van der Waals surface area contributed by atoms with E-state index in [1.165, 1.54) is 54.2 Å². The first-order valence-electron chi connectivity index (χ1n) is 18.5. The Morgan fingerprint density at radius 2 is 0.796 bits per heavy atom. The topological polar surface area (TPSA) is 16.4 Å². The fourth-order valence-corrected chi connectivity index (χ4v) is 8.56. The number of rotatable bonds is 5. The van der Waals surface area contributed by atoms with E-state index in [0.717, 1.165) is 50.1 Å². The number of hydrogen-bond acceptors (Lipinski definition) is 2. The van der Waals surface area contributed by atoms with Gasteiger partial charge in [0.25, 0.3) is 0 Å². The number of fused-ring (bicyclic) bond motifs is 10. The van der Waals surface area contributed by atoms with Gasteiger partial charge in [-0.3, -0.25) is 0 Å². The smallest absolute Gasteiger partial charge is 0.137 e. The van der Waals surface area contributed by atoms with Crippen molar-refractivity contribution in [3.05, 3.63) is 200 Å². The molecule has 0 saturated carbocycles. The minimum absolute atomic E-state index is 0.867. The van der Waals surface area contributed by atoms with Gasteiger partial charge in [-0.15, -0.1) is 0 Å². The molecule has 0 aliphatic rings. The van der Waals surface area contributed by atoms with E-state index in [0.29, 0.717) is 0 Å². The van der Waals surface area contributed by atoms with Crippen LogP contribution in [-0.4, -0.2) is 0 Å². The molecule has 11 rings (SSSR count). The minimum Gasteiger partial charge on any atom is -0.456 e. The van der Waals surface area contributed by atoms with Gasteiger partial charge < -0.3 is 9.32 Å². The lowest BCUT2D eigenvalue weighted by Gasteiger charge is -2.28. The Morgan fingerprint density at radius 1 is 0.296 bits per heavy atom. The molecular weight excluding hydrogens is 655 g/mol. The van der Waals surface area contributed by atoms with Gasteiger partial charge in [0.1, 0.15) is 11.2 Å². The zero-order chi connectivity index (χ0) is 35.6. The Kier molecular flexibility index (Phi) is 6.90. The van der Waals surface area contributed by atoms with Crippen molar-refractivity contribution in [3.8, 4) is 22.3 Å². The molecule has 10 aromatic carbocycles. The highest BCUT2D eigenvalue weighted by Gasteiger charge is 2.21. The summed E-state index contributed by atoms with van der Waals surface area (Å²) in [6, 6.07) is 72.3. The van der Waals surface area contributed by atoms with Gasteiger partial charge in [-0.05, 0) is 102 Å². The molecular formula is C52H33NO. The average Bonchev–Trinajstić information content (AvgIpc) is 3.62. The number of furan rings is 1. The average molecular weight is 688 g/mol. The molecule has 0 aliphatic carbocycles. The molecule has 0 radical (unpaired) electrons. The molecule has 0 bridgehead atoms. The van der Waals surface area contributed by atoms with Crippen molar-refractivity contribution in [3.63, 3.8) is 0 Å². The van der Waals surface area contributed by atoms with Crippen molar-refractivity contribution in [2.24, 2.45) is 0 Å². The highest BCUT2D eigenvalue weighted by atomic mass is 16.3. The van der Waals surface area contributed by atoms with Crippen molar-refractivity contribution >= 4 is 82.1 Å². The minimum atomic E-state index is 0.867. The van der Waals surface area contributed by atoms with Crippen LogP contribution in [0, 0.1) is 0 Å². The summed E-state index contributed by atoms with van der Waals surface area (Å²) in [7, 11) is 0. The summed E-state index contributed by atoms with van der Waals surface area (Å²) in [6.45, 7) is 0. The largest absolute Gasteiger partial charge is 0.456 e. The molecule has 0 unspecified atom stereocenters. The van der Waals surface area contributed by atoms with Crippen LogP contribution < -0.4 is 4.90 Å². The van der Waals surface area contributed by atoms with E-state index in [1.807, 2.05) is 12.1 Å². The maximum absolute atomic E-state index is 6.48. The van der Waals surface area contributed by atoms with E-state index in [9.17, 15) is 0 Å². The first-order valence-corrected chi connectivity index (χ1v) is 18.5. The van der Waals surface area contributed by atoms with Gasteiger partial charge in [-0.2, -0.15) is 0 Å². The monoisotopic (exact) mass is 687 g/mol. The van der Waals surface area contributed by atoms with Gasteiger partial charge in [0.2, 0.25) is 0 Å². The second-order valence-corrected chi connectivity index (χ2v) is 14.1. The summed E-state index contributed by atoms with van der Waals surface area (Å²) < 4.78 is 6.48. The zero-order valence-corrected chi connectivity index (χ0v) is 29.4. The fraction of sp³-hybridized carbons (Fsp3) is 0. The molecule has 252 valence electrons. The molecule has 0 aliphatic heterocycles. The molecule has 2 nitrogen and oxygen atoms in total. The summed E-state index contributed by atoms with van der Waals surface area (Å²) in [5, 5.41) is 12.3. The van der Waals surface area contributed by atoms with Crippen molar-refractivity contribution in [2.45, 2.75) is 0 Å². The maximum atomic E-state index is 6.48. The van der Waals surface area contributed by atoms with Gasteiger partial charge in [0, 0.05) is 33.8 Å². The van der Waals surface area contributed by atoms with Gasteiger partial charge in [0.05, 0.1) is 5.69 Å². The van der Waals surface area contributed by atoms with Crippen molar-refractivity contribution in [1.82, 2.24) is 0 Å². The molecule has 1 heterocycles. The van der Waals surface area contributed by atoms with Crippen LogP contribution in [0.3, 0.4) is 0 Å². The summed E-state index contributed by atoms with van der Waals surface area (Å²) in [5.74, 6) is 0. The second kappa shape index (κ2) is 12.2. The van der Waals surface area contributed by atoms with Crippen molar-refractivity contribution in [1.29, 1.82) is 0 Å². The second-order valence-electron chi connectivity index (χ2n) is 14.1. The lowest BCUT2D eigenvalue weighted by atomic mass is 9.93. The quantitative estimate of drug-likeness (QED) is 0.168. The Bertz CT molecular complexity index is 3200. The number of hydrogen-bond donors (Lipinski definition) is 0. The standard InChI is InChI=1S/C52H33NO/c1-2-17-39-34(13-1)14-12-24-40(39)35-15-11-16-36(31-35)41-18-7-9-25-50(41)53(38-28-30-48-47-23-8-10-26-51(47)54-52(48)33-38)37-27-29-46-44-21-4-3-19-42(44)43-20-5-6-22-45(43)49(46)32-37/h1-33H. The van der Waals surface area contributed by atoms with Crippen LogP contribution >= 0.6 is 0 Å². The summed E-state index contributed by atoms with van der Waals surface area (Å²) in [4.78, 5) is 2.40. The van der Waals surface area contributed by atoms with E-state index in [2.05, 4.69) is 193 Å². The third kappa shape index (κ3) is 4.81. The first-order chi connectivity index (χ1) is 26.8. The normalized spacial score (nSPS) is 11.7. The van der Waals surface area contributed by atoms with Gasteiger partial charge in [-0.25, -0.2) is 0 Å². The van der Waals surface area contributed by atoms with Crippen LogP contribution in [0.5, 0.6) is 0 Å². The molecule has 0 saturated heterocycles. The van der Waals surface area contributed by atoms with Crippen LogP contribution in [0.1, 0.15) is 0 Å². The van der Waals surface area contributed by atoms with Crippen LogP contribution in [0.2, 0.25) is 0 Å². The van der Waals surface area contributed by atoms with E-state index in [1.54, 1.807) is 0 Å². The van der Waals surface area contributed by atoms with Gasteiger partial charge >= 0.3 is 0 Å². The number of benzene rings is 10. The molecule has 54 heavy (non-hydrogen) atoms. The molecule has 0 amide bonds. The summed E-state index contributed by atoms with van der Waals surface area (Å²) in [6.07, 6.45) is 0. The van der Waals surface area contributed by atoms with Crippen LogP contribution in [0.25, 0.3) is 87.3 Å². The van der Waals surface area contributed by atoms with Crippen molar-refractivity contribution < 1.29 is 4.42 Å². The zero-order valence-electron chi connectivity index (χ0n) is 29.4. The fourth-order valence-electron chi connectivity index (χ4n) is 8.56. The molecule has 0 atom stereocenters. The Morgan fingerprint density at radius 3 is 1.57 bits per heavy atom. The van der Waals surface area contributed by atoms with Gasteiger partial charge in [-0.1, -0.05) is 152 Å². The van der Waals surface area contributed by atoms with Crippen LogP contribution in [-0.2, 0) is 0 Å². The lowest BCUT2D eigenvalue weighted by molar-refractivity contribution is 0.669. The maximum Gasteiger partial charge on any atom is 0.137 e. The highest BCUT2D eigenvalue weighted by Crippen LogP contribution is 2.45. The first kappa shape index (κ1) is 30.5. The van der Waals surface area contributed by atoms with Crippen molar-refractivity contribution in [2.75, 3.05) is 4.90 Å². The van der Waals surface area contributed by atoms with E-state index in [-0.39, 0.29) is 0 Å². The molecule has 0 N–H and O–H groups in total. The Hall–Kier alpha value is -7.16. The van der Waals surface area contributed by atoms with Crippen LogP contribution in [0.15, 0.2) is 205 Å². The summed E-state index contributed by atoms with van der Waals surface area (Å²) in [5.41, 5.74) is 9.69. The molecule has 1 aromatic heterocycles. The van der Waals surface area contributed by atoms with E-state index < -0.39 is 0 Å². The molecule has 11 aromatic rings. The van der Waals surface area contributed by atoms with Crippen LogP contribution in [0.4, 0.5) is 17.1 Å². The lowest BCUT2D eigenvalue weighted by Crippen LogP contribution is -2.11. The predicted octanol–water partition coefficient (Wildman–Crippen LogP) is 15.0. The van der Waals surface area contributed by atoms with E-state index >= 15 is 0 Å². The predicted molar refractivity (Wildman–Crippen MR) is 229 cm³/mol. The Balaban J connectivity index is 1.16. The number of anilines is 3. The number of para-hydroxylation sites is 2. The molecule has 2 heteroatoms. The van der Waals surface area contributed by atoms with E-state index in [4.69, 9.17) is 4.42 Å². The third-order valence-corrected chi connectivity index (χ3v) is 11.0. The highest BCUT2D eigenvalue weighted by molar-refractivity contribution is 6.26. The molecule has 0 spiro atoms. The number of nitrogens with zero attached hydrogens (tertiary/aromatic N) is 1. The Labute approximate surface area is 312 Å². The third-order valence-electron chi connectivity index (χ3n) is 11.0. The summed E-state index contributed by atoms with van der Waals surface area (Å²) >= 11 is 0. The SMILES string of the molecule is c1cc(-c2ccccc2N(c2ccc3c(c2)oc2ccccc23)c2ccc3c4ccccc4c4ccccc4c3c2)cc(-c2cccc3ccccc23)c1. The molecule has 0 fully saturated rings.